The van der Waals surface area contributed by atoms with E-state index in [4.69, 9.17) is 0 Å². The van der Waals surface area contributed by atoms with E-state index in [1.807, 2.05) is 11.0 Å². The third-order valence-corrected chi connectivity index (χ3v) is 7.40. The Balaban J connectivity index is 1.42. The Labute approximate surface area is 184 Å². The first-order valence-corrected chi connectivity index (χ1v) is 11.9. The first-order valence-electron chi connectivity index (χ1n) is 9.53. The standard InChI is InChI=1S/C20H21N5O4S2/c26-17-5-2-4-16(14-17)24-8-10-25(11-9-24)31(28,29)18-6-1-3-15(13-18)22-19(27)23-20-21-7-12-30-20/h1-7,12-14,26H,8-11H2,(H2,21,22,23,27). The molecule has 3 aromatic rings. The Morgan fingerprint density at radius 1 is 1.03 bits per heavy atom. The molecule has 3 N–H and O–H groups in total. The molecule has 11 heteroatoms. The normalized spacial score (nSPS) is 14.9. The Morgan fingerprint density at radius 3 is 2.52 bits per heavy atom. The van der Waals surface area contributed by atoms with Gasteiger partial charge in [-0.1, -0.05) is 12.1 Å². The van der Waals surface area contributed by atoms with Crippen molar-refractivity contribution in [3.05, 3.63) is 60.1 Å². The first-order chi connectivity index (χ1) is 14.9. The molecule has 1 aliphatic heterocycles. The lowest BCUT2D eigenvalue weighted by molar-refractivity contribution is 0.262. The Kier molecular flexibility index (Phi) is 6.07. The maximum atomic E-state index is 13.1. The number of phenolic OH excluding ortho intramolecular Hbond substituents is 1. The molecule has 2 amide bonds. The molecule has 2 heterocycles. The monoisotopic (exact) mass is 459 g/mol. The minimum atomic E-state index is -3.71. The van der Waals surface area contributed by atoms with Crippen molar-refractivity contribution in [1.29, 1.82) is 0 Å². The molecule has 0 saturated carbocycles. The number of sulfonamides is 1. The van der Waals surface area contributed by atoms with Crippen molar-refractivity contribution in [2.75, 3.05) is 41.7 Å². The summed E-state index contributed by atoms with van der Waals surface area (Å²) >= 11 is 1.28. The number of thiazole rings is 1. The molecule has 1 aliphatic rings. The number of hydrogen-bond donors (Lipinski definition) is 3. The summed E-state index contributed by atoms with van der Waals surface area (Å²) in [6.07, 6.45) is 1.58. The van der Waals surface area contributed by atoms with Crippen LogP contribution in [0.15, 0.2) is 65.0 Å². The zero-order valence-electron chi connectivity index (χ0n) is 16.4. The second-order valence-electron chi connectivity index (χ2n) is 6.86. The second-order valence-corrected chi connectivity index (χ2v) is 9.69. The predicted molar refractivity (Wildman–Crippen MR) is 120 cm³/mol. The summed E-state index contributed by atoms with van der Waals surface area (Å²) in [5.41, 5.74) is 1.23. The average Bonchev–Trinajstić information content (AvgIpc) is 3.27. The lowest BCUT2D eigenvalue weighted by atomic mass is 10.2. The summed E-state index contributed by atoms with van der Waals surface area (Å²) in [7, 11) is -3.71. The SMILES string of the molecule is O=C(Nc1cccc(S(=O)(=O)N2CCN(c3cccc(O)c3)CC2)c1)Nc1nccs1. The van der Waals surface area contributed by atoms with E-state index < -0.39 is 16.1 Å². The van der Waals surface area contributed by atoms with Crippen molar-refractivity contribution in [3.63, 3.8) is 0 Å². The quantitative estimate of drug-likeness (QED) is 0.540. The van der Waals surface area contributed by atoms with Crippen LogP contribution in [-0.4, -0.2) is 55.0 Å². The third kappa shape index (κ3) is 4.95. The number of amides is 2. The minimum Gasteiger partial charge on any atom is -0.508 e. The van der Waals surface area contributed by atoms with Crippen molar-refractivity contribution in [2.24, 2.45) is 0 Å². The van der Waals surface area contributed by atoms with Gasteiger partial charge in [0.2, 0.25) is 10.0 Å². The number of urea groups is 1. The Morgan fingerprint density at radius 2 is 1.81 bits per heavy atom. The molecule has 0 spiro atoms. The van der Waals surface area contributed by atoms with E-state index in [1.165, 1.54) is 27.8 Å². The van der Waals surface area contributed by atoms with Crippen molar-refractivity contribution in [3.8, 4) is 5.75 Å². The van der Waals surface area contributed by atoms with Gasteiger partial charge in [-0.15, -0.1) is 11.3 Å². The molecule has 9 nitrogen and oxygen atoms in total. The van der Waals surface area contributed by atoms with Gasteiger partial charge in [0.05, 0.1) is 4.90 Å². The summed E-state index contributed by atoms with van der Waals surface area (Å²) in [6, 6.07) is 12.6. The van der Waals surface area contributed by atoms with E-state index in [1.54, 1.807) is 41.9 Å². The van der Waals surface area contributed by atoms with Gasteiger partial charge in [-0.25, -0.2) is 18.2 Å². The number of carbonyl (C=O) groups is 1. The maximum absolute atomic E-state index is 13.1. The van der Waals surface area contributed by atoms with Gasteiger partial charge in [-0.05, 0) is 30.3 Å². The van der Waals surface area contributed by atoms with Crippen LogP contribution in [0.5, 0.6) is 5.75 Å². The van der Waals surface area contributed by atoms with E-state index in [-0.39, 0.29) is 10.6 Å². The fraction of sp³-hybridized carbons (Fsp3) is 0.200. The molecule has 4 rings (SSSR count). The summed E-state index contributed by atoms with van der Waals surface area (Å²) in [6.45, 7) is 1.66. The highest BCUT2D eigenvalue weighted by molar-refractivity contribution is 7.89. The van der Waals surface area contributed by atoms with Crippen LogP contribution in [0.1, 0.15) is 0 Å². The highest BCUT2D eigenvalue weighted by Crippen LogP contribution is 2.25. The molecule has 1 aromatic heterocycles. The topological polar surface area (TPSA) is 115 Å². The fourth-order valence-electron chi connectivity index (χ4n) is 3.30. The number of rotatable bonds is 5. The number of aromatic hydroxyl groups is 1. The van der Waals surface area contributed by atoms with Crippen LogP contribution < -0.4 is 15.5 Å². The van der Waals surface area contributed by atoms with Crippen molar-refractivity contribution in [2.45, 2.75) is 4.90 Å². The number of nitrogens with one attached hydrogen (secondary N) is 2. The molecule has 1 fully saturated rings. The van der Waals surface area contributed by atoms with Crippen LogP contribution >= 0.6 is 11.3 Å². The minimum absolute atomic E-state index is 0.116. The highest BCUT2D eigenvalue weighted by Gasteiger charge is 2.29. The van der Waals surface area contributed by atoms with Crippen LogP contribution in [-0.2, 0) is 10.0 Å². The maximum Gasteiger partial charge on any atom is 0.325 e. The molecule has 2 aromatic carbocycles. The predicted octanol–water partition coefficient (Wildman–Crippen LogP) is 3.00. The van der Waals surface area contributed by atoms with Crippen LogP contribution in [0.2, 0.25) is 0 Å². The molecule has 0 radical (unpaired) electrons. The van der Waals surface area contributed by atoms with Gasteiger partial charge >= 0.3 is 6.03 Å². The number of anilines is 3. The number of carbonyl (C=O) groups excluding carboxylic acids is 1. The van der Waals surface area contributed by atoms with Crippen molar-refractivity contribution >= 4 is 43.9 Å². The lowest BCUT2D eigenvalue weighted by Crippen LogP contribution is -2.48. The van der Waals surface area contributed by atoms with Gasteiger partial charge in [-0.3, -0.25) is 5.32 Å². The Bertz CT molecular complexity index is 1160. The van der Waals surface area contributed by atoms with Crippen molar-refractivity contribution < 1.29 is 18.3 Å². The molecule has 0 bridgehead atoms. The zero-order chi connectivity index (χ0) is 21.8. The summed E-state index contributed by atoms with van der Waals surface area (Å²) in [5, 5.41) is 17.1. The summed E-state index contributed by atoms with van der Waals surface area (Å²) < 4.78 is 27.7. The molecule has 0 unspecified atom stereocenters. The zero-order valence-corrected chi connectivity index (χ0v) is 18.1. The van der Waals surface area contributed by atoms with E-state index in [0.717, 1.165) is 5.69 Å². The van der Waals surface area contributed by atoms with Crippen LogP contribution in [0.4, 0.5) is 21.3 Å². The number of benzene rings is 2. The van der Waals surface area contributed by atoms with Crippen LogP contribution in [0.3, 0.4) is 0 Å². The first kappa shape index (κ1) is 21.1. The number of piperazine rings is 1. The van der Waals surface area contributed by atoms with Gasteiger partial charge < -0.3 is 15.3 Å². The summed E-state index contributed by atoms with van der Waals surface area (Å²) in [5.74, 6) is 0.177. The van der Waals surface area contributed by atoms with Gasteiger partial charge in [0.15, 0.2) is 5.13 Å². The van der Waals surface area contributed by atoms with E-state index >= 15 is 0 Å². The number of nitrogens with zero attached hydrogens (tertiary/aromatic N) is 3. The van der Waals surface area contributed by atoms with Gasteiger partial charge in [0.1, 0.15) is 5.75 Å². The molecule has 31 heavy (non-hydrogen) atoms. The largest absolute Gasteiger partial charge is 0.508 e. The van der Waals surface area contributed by atoms with Crippen LogP contribution in [0.25, 0.3) is 0 Å². The highest BCUT2D eigenvalue weighted by atomic mass is 32.2. The van der Waals surface area contributed by atoms with E-state index in [0.29, 0.717) is 37.0 Å². The Hall–Kier alpha value is -3.15. The molecule has 1 saturated heterocycles. The average molecular weight is 460 g/mol. The third-order valence-electron chi connectivity index (χ3n) is 4.82. The smallest absolute Gasteiger partial charge is 0.325 e. The van der Waals surface area contributed by atoms with Crippen molar-refractivity contribution in [1.82, 2.24) is 9.29 Å². The number of aromatic nitrogens is 1. The molecular formula is C20H21N5O4S2. The molecule has 162 valence electrons. The van der Waals surface area contributed by atoms with Gasteiger partial charge in [-0.2, -0.15) is 4.31 Å². The van der Waals surface area contributed by atoms with Gasteiger partial charge in [0, 0.05) is 55.2 Å². The fourth-order valence-corrected chi connectivity index (χ4v) is 5.30. The van der Waals surface area contributed by atoms with E-state index in [9.17, 15) is 18.3 Å². The number of hydrogen-bond acceptors (Lipinski definition) is 7. The molecular weight excluding hydrogens is 438 g/mol. The second kappa shape index (κ2) is 8.92. The number of phenols is 1. The molecule has 0 atom stereocenters. The lowest BCUT2D eigenvalue weighted by Gasteiger charge is -2.35. The molecule has 0 aliphatic carbocycles. The van der Waals surface area contributed by atoms with Gasteiger partial charge in [0.25, 0.3) is 0 Å². The summed E-state index contributed by atoms with van der Waals surface area (Å²) in [4.78, 5) is 18.2. The van der Waals surface area contributed by atoms with Crippen LogP contribution in [0, 0.1) is 0 Å². The van der Waals surface area contributed by atoms with E-state index in [2.05, 4.69) is 15.6 Å².